The van der Waals surface area contributed by atoms with Crippen LogP contribution in [0.2, 0.25) is 0 Å². The van der Waals surface area contributed by atoms with Gasteiger partial charge in [0.15, 0.2) is 17.3 Å². The van der Waals surface area contributed by atoms with Crippen molar-refractivity contribution in [1.82, 2.24) is 9.97 Å². The molecule has 2 aromatic carbocycles. The summed E-state index contributed by atoms with van der Waals surface area (Å²) in [6.07, 6.45) is 0.927. The Kier molecular flexibility index (Phi) is 5.75. The normalized spacial score (nSPS) is 15.1. The fourth-order valence-corrected chi connectivity index (χ4v) is 5.10. The van der Waals surface area contributed by atoms with E-state index in [0.29, 0.717) is 45.9 Å². The molecule has 4 aromatic rings. The van der Waals surface area contributed by atoms with E-state index in [0.717, 1.165) is 11.3 Å². The average molecular weight is 477 g/mol. The molecule has 0 spiro atoms. The summed E-state index contributed by atoms with van der Waals surface area (Å²) in [6.45, 7) is 0. The summed E-state index contributed by atoms with van der Waals surface area (Å²) >= 11 is 1.27. The summed E-state index contributed by atoms with van der Waals surface area (Å²) < 4.78 is 24.3. The number of carbonyl (C=O) groups is 1. The van der Waals surface area contributed by atoms with E-state index in [1.54, 1.807) is 24.6 Å². The number of pyridine rings is 1. The number of hydrogen-bond donors (Lipinski definition) is 1. The molecule has 1 N–H and O–H groups in total. The predicted molar refractivity (Wildman–Crippen MR) is 129 cm³/mol. The highest BCUT2D eigenvalue weighted by molar-refractivity contribution is 7.13. The number of rotatable bonds is 5. The third-order valence-corrected chi connectivity index (χ3v) is 6.95. The molecule has 8 heteroatoms. The SMILES string of the molecule is COc1ccc([C@H]2CC(=O)c3cc(-c4nc(-c5ccc(OC)c(F)c5)cs4)c(=O)[nH]c3C2)cc1. The minimum Gasteiger partial charge on any atom is -0.497 e. The number of aromatic nitrogens is 2. The van der Waals surface area contributed by atoms with E-state index in [1.165, 1.54) is 30.6 Å². The van der Waals surface area contributed by atoms with E-state index in [1.807, 2.05) is 24.3 Å². The van der Waals surface area contributed by atoms with Gasteiger partial charge in [-0.1, -0.05) is 12.1 Å². The molecular formula is C26H21FN2O4S. The number of aromatic amines is 1. The second kappa shape index (κ2) is 8.87. The number of ketones is 1. The average Bonchev–Trinajstić information content (AvgIpc) is 3.33. The molecule has 0 radical (unpaired) electrons. The van der Waals surface area contributed by atoms with Gasteiger partial charge in [0, 0.05) is 28.6 Å². The van der Waals surface area contributed by atoms with Crippen LogP contribution in [0.3, 0.4) is 0 Å². The van der Waals surface area contributed by atoms with Crippen molar-refractivity contribution in [3.63, 3.8) is 0 Å². The number of ether oxygens (including phenoxy) is 2. The molecule has 1 atom stereocenters. The van der Waals surface area contributed by atoms with Crippen molar-refractivity contribution in [1.29, 1.82) is 0 Å². The Morgan fingerprint density at radius 2 is 1.79 bits per heavy atom. The largest absolute Gasteiger partial charge is 0.497 e. The van der Waals surface area contributed by atoms with Crippen LogP contribution in [0.5, 0.6) is 11.5 Å². The molecule has 0 saturated heterocycles. The Bertz CT molecular complexity index is 1440. The van der Waals surface area contributed by atoms with Crippen LogP contribution in [-0.2, 0) is 6.42 Å². The highest BCUT2D eigenvalue weighted by atomic mass is 32.1. The number of nitrogens with zero attached hydrogens (tertiary/aromatic N) is 1. The second-order valence-corrected chi connectivity index (χ2v) is 8.95. The van der Waals surface area contributed by atoms with Gasteiger partial charge in [-0.2, -0.15) is 0 Å². The Hall–Kier alpha value is -3.78. The van der Waals surface area contributed by atoms with Crippen molar-refractivity contribution in [2.24, 2.45) is 0 Å². The molecule has 2 aromatic heterocycles. The lowest BCUT2D eigenvalue weighted by atomic mass is 9.81. The Morgan fingerprint density at radius 3 is 2.50 bits per heavy atom. The van der Waals surface area contributed by atoms with Gasteiger partial charge in [0.05, 0.1) is 25.5 Å². The number of nitrogens with one attached hydrogen (secondary N) is 1. The minimum absolute atomic E-state index is 0.0103. The summed E-state index contributed by atoms with van der Waals surface area (Å²) in [5, 5.41) is 2.23. The number of H-pyrrole nitrogens is 1. The third-order valence-electron chi connectivity index (χ3n) is 6.07. The molecule has 0 bridgehead atoms. The number of fused-ring (bicyclic) bond motifs is 1. The molecule has 0 unspecified atom stereocenters. The van der Waals surface area contributed by atoms with E-state index in [2.05, 4.69) is 9.97 Å². The molecule has 1 aliphatic rings. The molecule has 1 aliphatic carbocycles. The standard InChI is InChI=1S/C26H21FN2O4S/c1-32-17-6-3-14(4-7-17)16-10-21-18(23(30)11-16)12-19(25(31)28-21)26-29-22(13-34-26)15-5-8-24(33-2)20(27)9-15/h3-9,12-13,16H,10-11H2,1-2H3,(H,28,31)/t16-/m1/s1. The summed E-state index contributed by atoms with van der Waals surface area (Å²) in [7, 11) is 3.01. The minimum atomic E-state index is -0.488. The van der Waals surface area contributed by atoms with Gasteiger partial charge in [-0.15, -0.1) is 11.3 Å². The molecule has 0 saturated carbocycles. The zero-order valence-corrected chi connectivity index (χ0v) is 19.4. The van der Waals surface area contributed by atoms with Crippen LogP contribution in [0.25, 0.3) is 21.8 Å². The predicted octanol–water partition coefficient (Wildman–Crippen LogP) is 5.23. The fourth-order valence-electron chi connectivity index (χ4n) is 4.26. The first-order valence-electron chi connectivity index (χ1n) is 10.7. The van der Waals surface area contributed by atoms with Crippen molar-refractivity contribution in [2.75, 3.05) is 14.2 Å². The zero-order valence-electron chi connectivity index (χ0n) is 18.6. The van der Waals surface area contributed by atoms with Crippen molar-refractivity contribution in [2.45, 2.75) is 18.8 Å². The molecule has 0 amide bonds. The smallest absolute Gasteiger partial charge is 0.258 e. The van der Waals surface area contributed by atoms with Crippen LogP contribution in [-0.4, -0.2) is 30.0 Å². The van der Waals surface area contributed by atoms with Crippen LogP contribution in [0.1, 0.15) is 34.0 Å². The van der Waals surface area contributed by atoms with Crippen LogP contribution in [0.15, 0.2) is 58.7 Å². The molecule has 0 aliphatic heterocycles. The number of carbonyl (C=O) groups excluding carboxylic acids is 1. The highest BCUT2D eigenvalue weighted by Crippen LogP contribution is 2.35. The first-order chi connectivity index (χ1) is 16.5. The van der Waals surface area contributed by atoms with Crippen LogP contribution in [0, 0.1) is 5.82 Å². The second-order valence-electron chi connectivity index (χ2n) is 8.09. The quantitative estimate of drug-likeness (QED) is 0.426. The van der Waals surface area contributed by atoms with E-state index in [9.17, 15) is 14.0 Å². The van der Waals surface area contributed by atoms with Gasteiger partial charge >= 0.3 is 0 Å². The van der Waals surface area contributed by atoms with Gasteiger partial charge < -0.3 is 14.5 Å². The maximum atomic E-state index is 14.1. The molecule has 0 fully saturated rings. The van der Waals surface area contributed by atoms with Crippen molar-refractivity contribution >= 4 is 17.1 Å². The Balaban J connectivity index is 1.45. The topological polar surface area (TPSA) is 81.3 Å². The lowest BCUT2D eigenvalue weighted by Gasteiger charge is -2.24. The first-order valence-corrected chi connectivity index (χ1v) is 11.6. The summed E-state index contributed by atoms with van der Waals surface area (Å²) in [5.74, 6) is 0.386. The lowest BCUT2D eigenvalue weighted by Crippen LogP contribution is -2.24. The third kappa shape index (κ3) is 4.01. The molecule has 34 heavy (non-hydrogen) atoms. The van der Waals surface area contributed by atoms with Crippen molar-refractivity contribution in [3.05, 3.63) is 86.9 Å². The number of methoxy groups -OCH3 is 2. The maximum Gasteiger partial charge on any atom is 0.258 e. The van der Waals surface area contributed by atoms with Crippen LogP contribution >= 0.6 is 11.3 Å². The van der Waals surface area contributed by atoms with Gasteiger partial charge in [0.25, 0.3) is 5.56 Å². The zero-order chi connectivity index (χ0) is 23.8. The molecule has 2 heterocycles. The van der Waals surface area contributed by atoms with Crippen molar-refractivity contribution < 1.29 is 18.7 Å². The number of benzene rings is 2. The molecule has 5 rings (SSSR count). The van der Waals surface area contributed by atoms with E-state index in [4.69, 9.17) is 9.47 Å². The van der Waals surface area contributed by atoms with Gasteiger partial charge in [-0.3, -0.25) is 9.59 Å². The molecule has 172 valence electrons. The molecule has 6 nitrogen and oxygen atoms in total. The number of hydrogen-bond acceptors (Lipinski definition) is 6. The fraction of sp³-hybridized carbons (Fsp3) is 0.192. The van der Waals surface area contributed by atoms with E-state index in [-0.39, 0.29) is 23.0 Å². The Labute approximate surface area is 199 Å². The van der Waals surface area contributed by atoms with Gasteiger partial charge in [0.2, 0.25) is 0 Å². The van der Waals surface area contributed by atoms with E-state index < -0.39 is 5.82 Å². The summed E-state index contributed by atoms with van der Waals surface area (Å²) in [5.41, 5.74) is 3.34. The number of Topliss-reactive ketones (excluding diaryl/α,β-unsaturated/α-hetero) is 1. The van der Waals surface area contributed by atoms with Gasteiger partial charge in [-0.25, -0.2) is 9.37 Å². The monoisotopic (exact) mass is 476 g/mol. The highest BCUT2D eigenvalue weighted by Gasteiger charge is 2.28. The Morgan fingerprint density at radius 1 is 1.00 bits per heavy atom. The summed E-state index contributed by atoms with van der Waals surface area (Å²) in [6, 6.07) is 13.9. The summed E-state index contributed by atoms with van der Waals surface area (Å²) in [4.78, 5) is 33.3. The van der Waals surface area contributed by atoms with Crippen LogP contribution in [0.4, 0.5) is 4.39 Å². The number of thiazole rings is 1. The van der Waals surface area contributed by atoms with E-state index >= 15 is 0 Å². The molecular weight excluding hydrogens is 455 g/mol. The van der Waals surface area contributed by atoms with Gasteiger partial charge in [-0.05, 0) is 54.3 Å². The van der Waals surface area contributed by atoms with Gasteiger partial charge in [0.1, 0.15) is 10.8 Å². The van der Waals surface area contributed by atoms with Crippen LogP contribution < -0.4 is 15.0 Å². The first kappa shape index (κ1) is 22.0. The number of halogens is 1. The van der Waals surface area contributed by atoms with Crippen molar-refractivity contribution in [3.8, 4) is 33.3 Å². The lowest BCUT2D eigenvalue weighted by molar-refractivity contribution is 0.0963. The maximum absolute atomic E-state index is 14.1.